The molecule has 1 unspecified atom stereocenters. The van der Waals surface area contributed by atoms with Gasteiger partial charge in [-0.05, 0) is 31.5 Å². The van der Waals surface area contributed by atoms with Gasteiger partial charge in [0.25, 0.3) is 0 Å². The average molecular weight is 217 g/mol. The Morgan fingerprint density at radius 3 is 2.00 bits per heavy atom. The minimum Gasteiger partial charge on any atom is -0.399 e. The summed E-state index contributed by atoms with van der Waals surface area (Å²) in [6, 6.07) is 9.49. The molecule has 0 fully saturated rings. The van der Waals surface area contributed by atoms with Gasteiger partial charge in [0.1, 0.15) is 0 Å². The van der Waals surface area contributed by atoms with Crippen LogP contribution in [0.1, 0.15) is 6.42 Å². The molecule has 0 heterocycles. The van der Waals surface area contributed by atoms with E-state index >= 15 is 0 Å². The lowest BCUT2D eigenvalue weighted by Gasteiger charge is -2.09. The van der Waals surface area contributed by atoms with E-state index in [1.165, 1.54) is 6.42 Å². The minimum atomic E-state index is 0.822. The highest BCUT2D eigenvalue weighted by atomic mass is 15.2. The van der Waals surface area contributed by atoms with E-state index in [0.29, 0.717) is 0 Å². The van der Waals surface area contributed by atoms with E-state index in [9.17, 15) is 0 Å². The van der Waals surface area contributed by atoms with E-state index < -0.39 is 0 Å². The molecule has 0 aromatic heterocycles. The molecular formula is C13H19N3. The second kappa shape index (κ2) is 6.82. The fraction of sp³-hybridized carbons (Fsp3) is 0.231. The number of rotatable bonds is 0. The van der Waals surface area contributed by atoms with Crippen molar-refractivity contribution in [1.82, 2.24) is 5.43 Å². The number of allylic oxidation sites excluding steroid dienone is 4. The molecule has 1 aromatic carbocycles. The van der Waals surface area contributed by atoms with Crippen LogP contribution in [0.5, 0.6) is 0 Å². The third kappa shape index (κ3) is 4.29. The fourth-order valence-corrected chi connectivity index (χ4v) is 1.46. The molecule has 3 nitrogen and oxygen atoms in total. The van der Waals surface area contributed by atoms with Crippen LogP contribution < -0.4 is 17.0 Å². The summed E-state index contributed by atoms with van der Waals surface area (Å²) in [6.07, 6.45) is 8.11. The summed E-state index contributed by atoms with van der Waals surface area (Å²) >= 11 is 0. The topological polar surface area (TPSA) is 64.1 Å². The second-order valence-electron chi connectivity index (χ2n) is 3.67. The largest absolute Gasteiger partial charge is 0.399 e. The molecule has 0 saturated carbocycles. The van der Waals surface area contributed by atoms with Gasteiger partial charge in [-0.25, -0.2) is 0 Å². The van der Waals surface area contributed by atoms with Crippen LogP contribution >= 0.6 is 0 Å². The summed E-state index contributed by atoms with van der Waals surface area (Å²) in [5, 5.41) is 0. The van der Waals surface area contributed by atoms with Gasteiger partial charge >= 0.3 is 0 Å². The lowest BCUT2D eigenvalue weighted by Crippen LogP contribution is -2.13. The van der Waals surface area contributed by atoms with Gasteiger partial charge in [-0.2, -0.15) is 0 Å². The molecule has 0 spiro atoms. The standard InChI is InChI=1S/C6H7N.C6H6.CH6N2/c7-6-4-2-1-3-5-6;1-2-6-3-5(1)4-6;1-3-2/h1-5H,7H2;1-3,5H,4H2;3H,2H2,1H3. The van der Waals surface area contributed by atoms with Crippen LogP contribution in [0.25, 0.3) is 0 Å². The van der Waals surface area contributed by atoms with Crippen LogP contribution in [0.3, 0.4) is 0 Å². The zero-order valence-electron chi connectivity index (χ0n) is 9.56. The van der Waals surface area contributed by atoms with E-state index in [-0.39, 0.29) is 0 Å². The molecule has 5 N–H and O–H groups in total. The molecule has 86 valence electrons. The Bertz CT molecular complexity index is 352. The van der Waals surface area contributed by atoms with E-state index in [2.05, 4.69) is 29.5 Å². The summed E-state index contributed by atoms with van der Waals surface area (Å²) in [5.41, 5.74) is 9.97. The molecule has 3 aliphatic carbocycles. The molecular weight excluding hydrogens is 198 g/mol. The van der Waals surface area contributed by atoms with Gasteiger partial charge < -0.3 is 5.73 Å². The first-order chi connectivity index (χ1) is 7.76. The SMILES string of the molecule is C1=CC2C=C1C2.CNN.Nc1ccccc1. The molecule has 16 heavy (non-hydrogen) atoms. The van der Waals surface area contributed by atoms with Gasteiger partial charge in [0, 0.05) is 5.69 Å². The lowest BCUT2D eigenvalue weighted by atomic mass is 9.96. The van der Waals surface area contributed by atoms with Crippen LogP contribution in [-0.4, -0.2) is 7.05 Å². The summed E-state index contributed by atoms with van der Waals surface area (Å²) in [5.74, 6) is 5.44. The summed E-state index contributed by atoms with van der Waals surface area (Å²) < 4.78 is 0. The molecule has 0 saturated heterocycles. The lowest BCUT2D eigenvalue weighted by molar-refractivity contribution is 0.768. The quantitative estimate of drug-likeness (QED) is 0.353. The Morgan fingerprint density at radius 1 is 1.25 bits per heavy atom. The molecule has 0 amide bonds. The Labute approximate surface area is 96.8 Å². The molecule has 1 atom stereocenters. The number of anilines is 1. The maximum atomic E-state index is 5.36. The number of nitrogen functional groups attached to an aromatic ring is 1. The molecule has 4 rings (SSSR count). The molecule has 3 aliphatic rings. The molecule has 0 aliphatic heterocycles. The Balaban J connectivity index is 0.000000131. The second-order valence-corrected chi connectivity index (χ2v) is 3.67. The van der Waals surface area contributed by atoms with E-state index in [0.717, 1.165) is 11.6 Å². The normalized spacial score (nSPS) is 18.4. The Morgan fingerprint density at radius 2 is 1.81 bits per heavy atom. The maximum Gasteiger partial charge on any atom is 0.0313 e. The highest BCUT2D eigenvalue weighted by Crippen LogP contribution is 2.34. The molecule has 1 aromatic rings. The first-order valence-corrected chi connectivity index (χ1v) is 5.33. The van der Waals surface area contributed by atoms with Gasteiger partial charge in [0.2, 0.25) is 0 Å². The number of hydrazine groups is 1. The van der Waals surface area contributed by atoms with Gasteiger partial charge in [0.15, 0.2) is 0 Å². The predicted molar refractivity (Wildman–Crippen MR) is 69.4 cm³/mol. The number of hydrogen-bond donors (Lipinski definition) is 3. The van der Waals surface area contributed by atoms with Crippen molar-refractivity contribution in [1.29, 1.82) is 0 Å². The van der Waals surface area contributed by atoms with Crippen LogP contribution in [0.2, 0.25) is 0 Å². The maximum absolute atomic E-state index is 5.36. The highest BCUT2D eigenvalue weighted by Gasteiger charge is 2.19. The van der Waals surface area contributed by atoms with Gasteiger partial charge in [-0.3, -0.25) is 11.3 Å². The first kappa shape index (κ1) is 12.5. The van der Waals surface area contributed by atoms with Gasteiger partial charge in [-0.1, -0.05) is 42.0 Å². The minimum absolute atomic E-state index is 0.822. The Kier molecular flexibility index (Phi) is 5.32. The third-order valence-corrected chi connectivity index (χ3v) is 2.26. The van der Waals surface area contributed by atoms with Crippen molar-refractivity contribution in [3.63, 3.8) is 0 Å². The third-order valence-electron chi connectivity index (χ3n) is 2.26. The number of hydrogen-bond acceptors (Lipinski definition) is 3. The van der Waals surface area contributed by atoms with Gasteiger partial charge in [-0.15, -0.1) is 0 Å². The zero-order chi connectivity index (χ0) is 11.8. The highest BCUT2D eigenvalue weighted by molar-refractivity contribution is 5.39. The van der Waals surface area contributed by atoms with Crippen molar-refractivity contribution in [2.24, 2.45) is 11.8 Å². The van der Waals surface area contributed by atoms with Crippen molar-refractivity contribution in [2.75, 3.05) is 12.8 Å². The smallest absolute Gasteiger partial charge is 0.0313 e. The van der Waals surface area contributed by atoms with E-state index in [1.54, 1.807) is 12.6 Å². The van der Waals surface area contributed by atoms with Crippen LogP contribution in [0.4, 0.5) is 5.69 Å². The number of para-hydroxylation sites is 1. The van der Waals surface area contributed by atoms with Crippen LogP contribution in [-0.2, 0) is 0 Å². The monoisotopic (exact) mass is 217 g/mol. The van der Waals surface area contributed by atoms with E-state index in [1.807, 2.05) is 30.3 Å². The van der Waals surface area contributed by atoms with Crippen LogP contribution in [0.15, 0.2) is 54.1 Å². The van der Waals surface area contributed by atoms with Crippen molar-refractivity contribution in [2.45, 2.75) is 6.42 Å². The average Bonchev–Trinajstić information content (AvgIpc) is 2.82. The van der Waals surface area contributed by atoms with Crippen molar-refractivity contribution >= 4 is 5.69 Å². The van der Waals surface area contributed by atoms with E-state index in [4.69, 9.17) is 5.73 Å². The van der Waals surface area contributed by atoms with Crippen molar-refractivity contribution in [3.8, 4) is 0 Å². The van der Waals surface area contributed by atoms with Crippen molar-refractivity contribution in [3.05, 3.63) is 54.1 Å². The summed E-state index contributed by atoms with van der Waals surface area (Å²) in [4.78, 5) is 0. The number of nitrogens with one attached hydrogen (secondary N) is 1. The van der Waals surface area contributed by atoms with Crippen LogP contribution in [0, 0.1) is 5.92 Å². The first-order valence-electron chi connectivity index (χ1n) is 5.33. The summed E-state index contributed by atoms with van der Waals surface area (Å²) in [7, 11) is 1.65. The summed E-state index contributed by atoms with van der Waals surface area (Å²) in [6.45, 7) is 0. The molecule has 0 radical (unpaired) electrons. The van der Waals surface area contributed by atoms with Crippen molar-refractivity contribution < 1.29 is 0 Å². The zero-order valence-corrected chi connectivity index (χ0v) is 9.56. The molecule has 2 bridgehead atoms. The Hall–Kier alpha value is -1.58. The van der Waals surface area contributed by atoms with Gasteiger partial charge in [0.05, 0.1) is 0 Å². The number of nitrogens with two attached hydrogens (primary N) is 2. The fourth-order valence-electron chi connectivity index (χ4n) is 1.46. The molecule has 3 heteroatoms. The predicted octanol–water partition coefficient (Wildman–Crippen LogP) is 1.85. The number of benzene rings is 1.